The molecule has 1 aliphatic rings. The lowest BCUT2D eigenvalue weighted by Gasteiger charge is -2.20. The summed E-state index contributed by atoms with van der Waals surface area (Å²) < 4.78 is 11.0. The number of thioether (sulfide) groups is 1. The van der Waals surface area contributed by atoms with Gasteiger partial charge in [-0.05, 0) is 18.4 Å². The van der Waals surface area contributed by atoms with Crippen molar-refractivity contribution < 1.29 is 9.47 Å². The molecule has 5 heteroatoms. The van der Waals surface area contributed by atoms with Gasteiger partial charge in [0.15, 0.2) is 11.5 Å². The smallest absolute Gasteiger partial charge is 0.163 e. The van der Waals surface area contributed by atoms with E-state index in [2.05, 4.69) is 11.6 Å². The van der Waals surface area contributed by atoms with Gasteiger partial charge >= 0.3 is 0 Å². The van der Waals surface area contributed by atoms with E-state index in [1.807, 2.05) is 23.9 Å². The number of anilines is 1. The maximum Gasteiger partial charge on any atom is 0.163 e. The van der Waals surface area contributed by atoms with E-state index in [1.54, 1.807) is 0 Å². The summed E-state index contributed by atoms with van der Waals surface area (Å²) in [5, 5.41) is 4.00. The Balaban J connectivity index is 2.01. The van der Waals surface area contributed by atoms with Crippen LogP contribution in [0, 0.1) is 0 Å². The van der Waals surface area contributed by atoms with E-state index < -0.39 is 0 Å². The van der Waals surface area contributed by atoms with Crippen LogP contribution >= 0.6 is 23.4 Å². The lowest BCUT2D eigenvalue weighted by atomic mass is 10.2. The molecule has 1 N–H and O–H groups in total. The highest BCUT2D eigenvalue weighted by Gasteiger charge is 2.14. The van der Waals surface area contributed by atoms with Crippen LogP contribution in [0.2, 0.25) is 5.02 Å². The molecule has 1 heterocycles. The van der Waals surface area contributed by atoms with Crippen LogP contribution in [0.1, 0.15) is 6.42 Å². The molecule has 0 amide bonds. The SMILES string of the molecule is CSCCCNc1cc2c(cc1Cl)OCCO2. The lowest BCUT2D eigenvalue weighted by molar-refractivity contribution is 0.171. The standard InChI is InChI=1S/C12H16ClNO2S/c1-17-6-2-3-14-10-8-12-11(7-9(10)13)15-4-5-16-12/h7-8,14H,2-6H2,1H3. The Kier molecular flexibility index (Phi) is 4.68. The second-order valence-corrected chi connectivity index (χ2v) is 5.14. The average Bonchev–Trinajstić information content (AvgIpc) is 2.35. The first-order valence-electron chi connectivity index (χ1n) is 5.63. The zero-order chi connectivity index (χ0) is 12.1. The van der Waals surface area contributed by atoms with E-state index in [0.717, 1.165) is 35.9 Å². The predicted octanol–water partition coefficient (Wildman–Crippen LogP) is 3.28. The van der Waals surface area contributed by atoms with Crippen LogP contribution in [0.15, 0.2) is 12.1 Å². The van der Waals surface area contributed by atoms with Gasteiger partial charge in [0.25, 0.3) is 0 Å². The zero-order valence-corrected chi connectivity index (χ0v) is 11.4. The number of rotatable bonds is 5. The molecule has 0 unspecified atom stereocenters. The predicted molar refractivity (Wildman–Crippen MR) is 73.9 cm³/mol. The molecular weight excluding hydrogens is 258 g/mol. The minimum absolute atomic E-state index is 0.587. The number of benzene rings is 1. The Hall–Kier alpha value is -0.740. The fourth-order valence-electron chi connectivity index (χ4n) is 1.64. The van der Waals surface area contributed by atoms with Gasteiger partial charge in [-0.25, -0.2) is 0 Å². The van der Waals surface area contributed by atoms with Gasteiger partial charge < -0.3 is 14.8 Å². The van der Waals surface area contributed by atoms with Crippen molar-refractivity contribution >= 4 is 29.1 Å². The highest BCUT2D eigenvalue weighted by Crippen LogP contribution is 2.37. The molecule has 94 valence electrons. The fourth-order valence-corrected chi connectivity index (χ4v) is 2.29. The maximum atomic E-state index is 6.17. The molecule has 0 fully saturated rings. The summed E-state index contributed by atoms with van der Waals surface area (Å²) in [5.74, 6) is 2.65. The van der Waals surface area contributed by atoms with Crippen LogP contribution in [0.3, 0.4) is 0 Å². The first-order chi connectivity index (χ1) is 8.31. The number of halogens is 1. The van der Waals surface area contributed by atoms with E-state index in [4.69, 9.17) is 21.1 Å². The molecule has 0 atom stereocenters. The number of ether oxygens (including phenoxy) is 2. The van der Waals surface area contributed by atoms with E-state index in [9.17, 15) is 0 Å². The first-order valence-corrected chi connectivity index (χ1v) is 7.40. The van der Waals surface area contributed by atoms with Crippen molar-refractivity contribution in [1.29, 1.82) is 0 Å². The molecule has 0 aromatic heterocycles. The van der Waals surface area contributed by atoms with Crippen LogP contribution in [-0.2, 0) is 0 Å². The van der Waals surface area contributed by atoms with Gasteiger partial charge in [0.05, 0.1) is 10.7 Å². The van der Waals surface area contributed by atoms with Crippen LogP contribution in [0.25, 0.3) is 0 Å². The normalized spacial score (nSPS) is 13.5. The van der Waals surface area contributed by atoms with Crippen LogP contribution in [-0.4, -0.2) is 31.8 Å². The molecule has 1 aromatic rings. The Morgan fingerprint density at radius 2 is 2.00 bits per heavy atom. The summed E-state index contributed by atoms with van der Waals surface area (Å²) in [6.45, 7) is 2.10. The minimum atomic E-state index is 0.587. The van der Waals surface area contributed by atoms with Gasteiger partial charge in [-0.2, -0.15) is 11.8 Å². The molecule has 3 nitrogen and oxygen atoms in total. The van der Waals surface area contributed by atoms with Crippen molar-refractivity contribution in [2.45, 2.75) is 6.42 Å². The van der Waals surface area contributed by atoms with Gasteiger partial charge in [-0.1, -0.05) is 11.6 Å². The zero-order valence-electron chi connectivity index (χ0n) is 9.79. The molecule has 0 saturated heterocycles. The van der Waals surface area contributed by atoms with Crippen molar-refractivity contribution in [2.24, 2.45) is 0 Å². The second kappa shape index (κ2) is 6.26. The van der Waals surface area contributed by atoms with Gasteiger partial charge in [-0.3, -0.25) is 0 Å². The van der Waals surface area contributed by atoms with E-state index >= 15 is 0 Å². The number of hydrogen-bond donors (Lipinski definition) is 1. The lowest BCUT2D eigenvalue weighted by Crippen LogP contribution is -2.15. The minimum Gasteiger partial charge on any atom is -0.486 e. The van der Waals surface area contributed by atoms with Crippen molar-refractivity contribution in [2.75, 3.05) is 37.1 Å². The highest BCUT2D eigenvalue weighted by molar-refractivity contribution is 7.98. The topological polar surface area (TPSA) is 30.5 Å². The van der Waals surface area contributed by atoms with Gasteiger partial charge in [0.1, 0.15) is 13.2 Å². The Bertz CT molecular complexity index is 387. The molecule has 1 aliphatic heterocycles. The van der Waals surface area contributed by atoms with Crippen molar-refractivity contribution in [1.82, 2.24) is 0 Å². The molecule has 17 heavy (non-hydrogen) atoms. The monoisotopic (exact) mass is 273 g/mol. The fraction of sp³-hybridized carbons (Fsp3) is 0.500. The van der Waals surface area contributed by atoms with Crippen LogP contribution in [0.5, 0.6) is 11.5 Å². The van der Waals surface area contributed by atoms with E-state index in [1.165, 1.54) is 0 Å². The maximum absolute atomic E-state index is 6.17. The summed E-state index contributed by atoms with van der Waals surface area (Å²) in [5.41, 5.74) is 0.914. The molecule has 0 saturated carbocycles. The molecule has 1 aromatic carbocycles. The summed E-state index contributed by atoms with van der Waals surface area (Å²) in [6, 6.07) is 3.73. The van der Waals surface area contributed by atoms with E-state index in [-0.39, 0.29) is 0 Å². The highest BCUT2D eigenvalue weighted by atomic mass is 35.5. The molecule has 0 radical (unpaired) electrons. The largest absolute Gasteiger partial charge is 0.486 e. The molecular formula is C12H16ClNO2S. The molecule has 0 bridgehead atoms. The summed E-state index contributed by atoms with van der Waals surface area (Å²) >= 11 is 8.02. The Morgan fingerprint density at radius 1 is 1.29 bits per heavy atom. The molecule has 0 aliphatic carbocycles. The third-order valence-electron chi connectivity index (χ3n) is 2.47. The number of fused-ring (bicyclic) bond motifs is 1. The quantitative estimate of drug-likeness (QED) is 0.834. The van der Waals surface area contributed by atoms with Crippen molar-refractivity contribution in [3.8, 4) is 11.5 Å². The van der Waals surface area contributed by atoms with Crippen LogP contribution < -0.4 is 14.8 Å². The summed E-state index contributed by atoms with van der Waals surface area (Å²) in [7, 11) is 0. The number of hydrogen-bond acceptors (Lipinski definition) is 4. The third-order valence-corrected chi connectivity index (χ3v) is 3.48. The van der Waals surface area contributed by atoms with E-state index in [0.29, 0.717) is 18.2 Å². The number of nitrogens with one attached hydrogen (secondary N) is 1. The summed E-state index contributed by atoms with van der Waals surface area (Å²) in [4.78, 5) is 0. The van der Waals surface area contributed by atoms with Crippen molar-refractivity contribution in [3.63, 3.8) is 0 Å². The van der Waals surface area contributed by atoms with Gasteiger partial charge in [0, 0.05) is 18.7 Å². The second-order valence-electron chi connectivity index (χ2n) is 3.75. The first kappa shape index (κ1) is 12.7. The average molecular weight is 274 g/mol. The molecule has 0 spiro atoms. The van der Waals surface area contributed by atoms with Gasteiger partial charge in [0.2, 0.25) is 0 Å². The van der Waals surface area contributed by atoms with Gasteiger partial charge in [-0.15, -0.1) is 0 Å². The molecule has 2 rings (SSSR count). The third kappa shape index (κ3) is 3.36. The van der Waals surface area contributed by atoms with Crippen molar-refractivity contribution in [3.05, 3.63) is 17.2 Å². The summed E-state index contributed by atoms with van der Waals surface area (Å²) in [6.07, 6.45) is 3.23. The van der Waals surface area contributed by atoms with Crippen LogP contribution in [0.4, 0.5) is 5.69 Å². The Morgan fingerprint density at radius 3 is 2.71 bits per heavy atom. The Labute approximate surface area is 111 Å².